The van der Waals surface area contributed by atoms with Crippen molar-refractivity contribution < 1.29 is 19.2 Å². The summed E-state index contributed by atoms with van der Waals surface area (Å²) in [5.41, 5.74) is 2.95. The molecule has 4 rings (SSSR count). The minimum Gasteiger partial charge on any atom is -0.396 e. The lowest BCUT2D eigenvalue weighted by atomic mass is 9.95. The molecule has 1 aliphatic rings. The van der Waals surface area contributed by atoms with Gasteiger partial charge in [-0.05, 0) is 32.4 Å². The zero-order chi connectivity index (χ0) is 19.1. The van der Waals surface area contributed by atoms with Gasteiger partial charge in [0.25, 0.3) is 11.8 Å². The molecule has 8 heteroatoms. The number of aryl methyl sites for hydroxylation is 3. The highest BCUT2D eigenvalue weighted by molar-refractivity contribution is 6.50. The molecule has 138 valence electrons. The summed E-state index contributed by atoms with van der Waals surface area (Å²) in [6.07, 6.45) is 4.03. The molecule has 0 saturated heterocycles. The number of amides is 2. The van der Waals surface area contributed by atoms with Gasteiger partial charge >= 0.3 is 0 Å². The van der Waals surface area contributed by atoms with Gasteiger partial charge in [0.15, 0.2) is 0 Å². The number of pyridine rings is 1. The number of hydrogen-bond acceptors (Lipinski definition) is 6. The number of carbonyl (C=O) groups is 2. The molecule has 8 nitrogen and oxygen atoms in total. The van der Waals surface area contributed by atoms with Crippen LogP contribution < -0.4 is 5.32 Å². The van der Waals surface area contributed by atoms with Crippen molar-refractivity contribution in [3.8, 4) is 0 Å². The summed E-state index contributed by atoms with van der Waals surface area (Å²) < 4.78 is 7.08. The Morgan fingerprint density at radius 2 is 2.00 bits per heavy atom. The van der Waals surface area contributed by atoms with E-state index in [1.165, 1.54) is 0 Å². The molecule has 0 fully saturated rings. The molecule has 0 atom stereocenters. The summed E-state index contributed by atoms with van der Waals surface area (Å²) in [4.78, 5) is 29.6. The fourth-order valence-corrected chi connectivity index (χ4v) is 3.52. The van der Waals surface area contributed by atoms with Gasteiger partial charge < -0.3 is 14.2 Å². The molecule has 2 amide bonds. The number of aliphatic hydroxyl groups is 1. The molecule has 4 heterocycles. The van der Waals surface area contributed by atoms with Crippen molar-refractivity contribution in [2.24, 2.45) is 0 Å². The lowest BCUT2D eigenvalue weighted by Crippen LogP contribution is -2.22. The molecule has 0 unspecified atom stereocenters. The van der Waals surface area contributed by atoms with Gasteiger partial charge in [0, 0.05) is 36.5 Å². The Hall–Kier alpha value is -3.26. The van der Waals surface area contributed by atoms with Gasteiger partial charge in [-0.2, -0.15) is 0 Å². The number of aliphatic hydroxyl groups excluding tert-OH is 1. The van der Waals surface area contributed by atoms with E-state index >= 15 is 0 Å². The summed E-state index contributed by atoms with van der Waals surface area (Å²) in [6, 6.07) is 3.65. The van der Waals surface area contributed by atoms with E-state index in [-0.39, 0.29) is 17.8 Å². The summed E-state index contributed by atoms with van der Waals surface area (Å²) in [5.74, 6) is -0.448. The van der Waals surface area contributed by atoms with E-state index in [2.05, 4.69) is 15.5 Å². The van der Waals surface area contributed by atoms with E-state index in [0.29, 0.717) is 41.2 Å². The summed E-state index contributed by atoms with van der Waals surface area (Å²) >= 11 is 0. The Labute approximate surface area is 154 Å². The van der Waals surface area contributed by atoms with E-state index in [1.807, 2.05) is 10.6 Å². The second-order valence-corrected chi connectivity index (χ2v) is 6.42. The van der Waals surface area contributed by atoms with Crippen LogP contribution in [0.15, 0.2) is 29.0 Å². The van der Waals surface area contributed by atoms with Crippen LogP contribution in [0.5, 0.6) is 0 Å². The summed E-state index contributed by atoms with van der Waals surface area (Å²) in [6.45, 7) is 4.04. The molecular weight excluding hydrogens is 348 g/mol. The minimum atomic E-state index is -0.468. The molecule has 2 N–H and O–H groups in total. The van der Waals surface area contributed by atoms with Crippen molar-refractivity contribution in [1.82, 2.24) is 20.0 Å². The third kappa shape index (κ3) is 2.65. The first-order chi connectivity index (χ1) is 13.0. The van der Waals surface area contributed by atoms with E-state index in [1.54, 1.807) is 32.3 Å². The lowest BCUT2D eigenvalue weighted by Gasteiger charge is -2.03. The second kappa shape index (κ2) is 6.48. The molecule has 0 bridgehead atoms. The lowest BCUT2D eigenvalue weighted by molar-refractivity contribution is -0.122. The van der Waals surface area contributed by atoms with Crippen LogP contribution in [0.3, 0.4) is 0 Å². The molecule has 1 aliphatic heterocycles. The number of fused-ring (bicyclic) bond motifs is 1. The number of imide groups is 1. The van der Waals surface area contributed by atoms with Crippen molar-refractivity contribution in [3.63, 3.8) is 0 Å². The predicted molar refractivity (Wildman–Crippen MR) is 97.4 cm³/mol. The number of carbonyl (C=O) groups excluding carboxylic acids is 2. The predicted octanol–water partition coefficient (Wildman–Crippen LogP) is 1.59. The Bertz CT molecular complexity index is 1090. The quantitative estimate of drug-likeness (QED) is 0.664. The van der Waals surface area contributed by atoms with Crippen LogP contribution in [0.4, 0.5) is 0 Å². The third-order valence-corrected chi connectivity index (χ3v) is 4.67. The smallest absolute Gasteiger partial charge is 0.259 e. The first-order valence-electron chi connectivity index (χ1n) is 8.61. The number of nitrogens with zero attached hydrogens (tertiary/aromatic N) is 3. The fourth-order valence-electron chi connectivity index (χ4n) is 3.52. The molecule has 3 aromatic rings. The van der Waals surface area contributed by atoms with Crippen molar-refractivity contribution in [2.45, 2.75) is 26.8 Å². The van der Waals surface area contributed by atoms with Crippen LogP contribution in [0.2, 0.25) is 0 Å². The van der Waals surface area contributed by atoms with Gasteiger partial charge in [-0.1, -0.05) is 5.16 Å². The van der Waals surface area contributed by atoms with Crippen LogP contribution in [0.25, 0.3) is 22.2 Å². The third-order valence-electron chi connectivity index (χ3n) is 4.67. The highest BCUT2D eigenvalue weighted by Crippen LogP contribution is 2.37. The number of hydrogen-bond donors (Lipinski definition) is 2. The van der Waals surface area contributed by atoms with Crippen LogP contribution in [0.1, 0.15) is 29.0 Å². The number of rotatable bonds is 5. The number of nitrogens with one attached hydrogen (secondary N) is 1. The van der Waals surface area contributed by atoms with Gasteiger partial charge in [0.2, 0.25) is 0 Å². The fraction of sp³-hybridized carbons (Fsp3) is 0.263. The molecule has 3 aromatic heterocycles. The molecule has 0 aliphatic carbocycles. The second-order valence-electron chi connectivity index (χ2n) is 6.42. The monoisotopic (exact) mass is 366 g/mol. The van der Waals surface area contributed by atoms with Crippen molar-refractivity contribution in [3.05, 3.63) is 47.1 Å². The van der Waals surface area contributed by atoms with Crippen LogP contribution in [-0.2, 0) is 16.1 Å². The summed E-state index contributed by atoms with van der Waals surface area (Å²) in [7, 11) is 0. The van der Waals surface area contributed by atoms with Crippen molar-refractivity contribution in [2.75, 3.05) is 6.61 Å². The first kappa shape index (κ1) is 17.2. The maximum absolute atomic E-state index is 12.7. The topological polar surface area (TPSA) is 110 Å². The Morgan fingerprint density at radius 1 is 1.22 bits per heavy atom. The van der Waals surface area contributed by atoms with E-state index in [9.17, 15) is 9.59 Å². The molecular formula is C19H18N4O4. The minimum absolute atomic E-state index is 0.0494. The zero-order valence-corrected chi connectivity index (χ0v) is 14.9. The van der Waals surface area contributed by atoms with Gasteiger partial charge in [-0.15, -0.1) is 0 Å². The molecule has 0 spiro atoms. The van der Waals surface area contributed by atoms with E-state index in [4.69, 9.17) is 9.63 Å². The van der Waals surface area contributed by atoms with Crippen LogP contribution >= 0.6 is 0 Å². The van der Waals surface area contributed by atoms with Gasteiger partial charge in [0.05, 0.1) is 22.4 Å². The average molecular weight is 366 g/mol. The largest absolute Gasteiger partial charge is 0.396 e. The van der Waals surface area contributed by atoms with E-state index < -0.39 is 11.8 Å². The van der Waals surface area contributed by atoms with Crippen molar-refractivity contribution in [1.29, 1.82) is 0 Å². The normalized spacial score (nSPS) is 14.5. The molecule has 0 radical (unpaired) electrons. The highest BCUT2D eigenvalue weighted by atomic mass is 16.5. The molecule has 0 aromatic carbocycles. The maximum atomic E-state index is 12.7. The Kier molecular flexibility index (Phi) is 4.12. The standard InChI is InChI=1S/C19H18N4O4/c1-10-14(11(2)27-22-10)16-15(18(25)21-19(16)26)13-9-23(7-4-8-24)17-12(13)5-3-6-20-17/h3,5-6,9,24H,4,7-8H2,1-2H3,(H,21,25,26). The summed E-state index contributed by atoms with van der Waals surface area (Å²) in [5, 5.41) is 16.2. The Balaban J connectivity index is 2.00. The van der Waals surface area contributed by atoms with Gasteiger partial charge in [-0.3, -0.25) is 14.9 Å². The molecule has 27 heavy (non-hydrogen) atoms. The Morgan fingerprint density at radius 3 is 2.70 bits per heavy atom. The van der Waals surface area contributed by atoms with Gasteiger partial charge in [0.1, 0.15) is 11.4 Å². The van der Waals surface area contributed by atoms with Crippen LogP contribution in [-0.4, -0.2) is 38.2 Å². The van der Waals surface area contributed by atoms with E-state index in [0.717, 1.165) is 5.39 Å². The molecule has 0 saturated carbocycles. The van der Waals surface area contributed by atoms with Crippen LogP contribution in [0, 0.1) is 13.8 Å². The SMILES string of the molecule is Cc1noc(C)c1C1=C(c2cn(CCCO)c3ncccc23)C(=O)NC1=O. The van der Waals surface area contributed by atoms with Gasteiger partial charge in [-0.25, -0.2) is 4.98 Å². The van der Waals surface area contributed by atoms with Crippen molar-refractivity contribution >= 4 is 34.0 Å². The highest BCUT2D eigenvalue weighted by Gasteiger charge is 2.36. The first-order valence-corrected chi connectivity index (χ1v) is 8.61. The zero-order valence-electron chi connectivity index (χ0n) is 14.9. The average Bonchev–Trinajstić information content (AvgIpc) is 3.27. The number of aromatic nitrogens is 3. The maximum Gasteiger partial charge on any atom is 0.259 e.